The van der Waals surface area contributed by atoms with Crippen molar-refractivity contribution in [3.8, 4) is 0 Å². The van der Waals surface area contributed by atoms with Gasteiger partial charge in [0.15, 0.2) is 0 Å². The van der Waals surface area contributed by atoms with Gasteiger partial charge in [0.25, 0.3) is 0 Å². The van der Waals surface area contributed by atoms with Crippen molar-refractivity contribution in [1.82, 2.24) is 18.9 Å². The SMILES string of the molecule is CN(CC(=O)N1CCC(C(=O)O)CC1)C(=O)Cn1c(=O)n(C)c2ccccc21. The van der Waals surface area contributed by atoms with Gasteiger partial charge >= 0.3 is 11.7 Å². The van der Waals surface area contributed by atoms with Gasteiger partial charge in [-0.05, 0) is 25.0 Å². The van der Waals surface area contributed by atoms with E-state index < -0.39 is 11.9 Å². The zero-order valence-corrected chi connectivity index (χ0v) is 16.0. The first-order valence-corrected chi connectivity index (χ1v) is 9.18. The lowest BCUT2D eigenvalue weighted by Gasteiger charge is -2.31. The molecule has 0 bridgehead atoms. The molecule has 0 atom stereocenters. The number of hydrogen-bond donors (Lipinski definition) is 1. The number of carbonyl (C=O) groups excluding carboxylic acids is 2. The van der Waals surface area contributed by atoms with Crippen molar-refractivity contribution < 1.29 is 19.5 Å². The first-order valence-electron chi connectivity index (χ1n) is 9.18. The van der Waals surface area contributed by atoms with Gasteiger partial charge in [-0.2, -0.15) is 0 Å². The summed E-state index contributed by atoms with van der Waals surface area (Å²) < 4.78 is 2.89. The number of amides is 2. The van der Waals surface area contributed by atoms with Gasteiger partial charge in [-0.15, -0.1) is 0 Å². The Hall–Kier alpha value is -3.10. The largest absolute Gasteiger partial charge is 0.481 e. The lowest BCUT2D eigenvalue weighted by atomic mass is 9.97. The highest BCUT2D eigenvalue weighted by molar-refractivity contribution is 5.86. The van der Waals surface area contributed by atoms with E-state index in [1.165, 1.54) is 21.1 Å². The molecule has 1 saturated heterocycles. The van der Waals surface area contributed by atoms with Gasteiger partial charge in [-0.25, -0.2) is 4.79 Å². The molecule has 0 saturated carbocycles. The second-order valence-corrected chi connectivity index (χ2v) is 7.16. The smallest absolute Gasteiger partial charge is 0.329 e. The number of likely N-dealkylation sites (tertiary alicyclic amines) is 1. The fourth-order valence-electron chi connectivity index (χ4n) is 3.54. The number of aliphatic carboxylic acids is 1. The number of nitrogens with zero attached hydrogens (tertiary/aromatic N) is 4. The van der Waals surface area contributed by atoms with Crippen LogP contribution in [-0.2, 0) is 28.0 Å². The van der Waals surface area contributed by atoms with Gasteiger partial charge in [0.05, 0.1) is 23.5 Å². The van der Waals surface area contributed by atoms with E-state index >= 15 is 0 Å². The summed E-state index contributed by atoms with van der Waals surface area (Å²) in [6.07, 6.45) is 0.842. The van der Waals surface area contributed by atoms with E-state index in [0.717, 1.165) is 5.52 Å². The first-order chi connectivity index (χ1) is 13.3. The van der Waals surface area contributed by atoms with Gasteiger partial charge in [-0.3, -0.25) is 23.5 Å². The average Bonchev–Trinajstić information content (AvgIpc) is 2.93. The number of carboxylic acid groups (broad SMARTS) is 1. The maximum absolute atomic E-state index is 12.6. The second kappa shape index (κ2) is 7.87. The summed E-state index contributed by atoms with van der Waals surface area (Å²) in [5.74, 6) is -1.81. The summed E-state index contributed by atoms with van der Waals surface area (Å²) in [5.41, 5.74) is 1.11. The van der Waals surface area contributed by atoms with Crippen molar-refractivity contribution in [1.29, 1.82) is 0 Å². The molecule has 0 unspecified atom stereocenters. The Bertz CT molecular complexity index is 968. The lowest BCUT2D eigenvalue weighted by Crippen LogP contribution is -2.46. The Labute approximate surface area is 161 Å². The molecular weight excluding hydrogens is 364 g/mol. The third-order valence-electron chi connectivity index (χ3n) is 5.34. The molecule has 1 aromatic carbocycles. The number of rotatable bonds is 5. The zero-order chi connectivity index (χ0) is 20.4. The molecule has 9 heteroatoms. The van der Waals surface area contributed by atoms with E-state index in [1.807, 2.05) is 12.1 Å². The van der Waals surface area contributed by atoms with Crippen LogP contribution in [-0.4, -0.2) is 68.5 Å². The monoisotopic (exact) mass is 388 g/mol. The molecule has 1 aromatic heterocycles. The van der Waals surface area contributed by atoms with Gasteiger partial charge in [0, 0.05) is 27.2 Å². The first kappa shape index (κ1) is 19.7. The van der Waals surface area contributed by atoms with Crippen molar-refractivity contribution >= 4 is 28.8 Å². The molecule has 1 N–H and O–H groups in total. The molecule has 2 aromatic rings. The minimum atomic E-state index is -0.833. The number of fused-ring (bicyclic) bond motifs is 1. The van der Waals surface area contributed by atoms with Crippen LogP contribution in [0.2, 0.25) is 0 Å². The summed E-state index contributed by atoms with van der Waals surface area (Å²) in [5, 5.41) is 9.03. The molecule has 1 aliphatic rings. The quantitative estimate of drug-likeness (QED) is 0.783. The normalized spacial score (nSPS) is 15.0. The summed E-state index contributed by atoms with van der Waals surface area (Å²) in [4.78, 5) is 51.4. The third-order valence-corrected chi connectivity index (χ3v) is 5.34. The molecule has 0 spiro atoms. The highest BCUT2D eigenvalue weighted by Crippen LogP contribution is 2.17. The van der Waals surface area contributed by atoms with Crippen LogP contribution in [0.1, 0.15) is 12.8 Å². The molecule has 0 aliphatic carbocycles. The van der Waals surface area contributed by atoms with Gasteiger partial charge < -0.3 is 14.9 Å². The van der Waals surface area contributed by atoms with Crippen LogP contribution in [0.15, 0.2) is 29.1 Å². The number of imidazole rings is 1. The number of carboxylic acids is 1. The van der Waals surface area contributed by atoms with E-state index in [2.05, 4.69) is 0 Å². The van der Waals surface area contributed by atoms with Crippen molar-refractivity contribution in [3.63, 3.8) is 0 Å². The highest BCUT2D eigenvalue weighted by Gasteiger charge is 2.28. The molecule has 2 heterocycles. The van der Waals surface area contributed by atoms with E-state index in [9.17, 15) is 19.2 Å². The van der Waals surface area contributed by atoms with Crippen LogP contribution in [0, 0.1) is 5.92 Å². The maximum atomic E-state index is 12.6. The van der Waals surface area contributed by atoms with Gasteiger partial charge in [-0.1, -0.05) is 12.1 Å². The molecule has 3 rings (SSSR count). The Morgan fingerprint density at radius 2 is 1.75 bits per heavy atom. The highest BCUT2D eigenvalue weighted by atomic mass is 16.4. The predicted molar refractivity (Wildman–Crippen MR) is 102 cm³/mol. The van der Waals surface area contributed by atoms with Crippen LogP contribution < -0.4 is 5.69 Å². The van der Waals surface area contributed by atoms with Crippen molar-refractivity contribution in [2.24, 2.45) is 13.0 Å². The molecule has 0 radical (unpaired) electrons. The van der Waals surface area contributed by atoms with Crippen molar-refractivity contribution in [2.45, 2.75) is 19.4 Å². The van der Waals surface area contributed by atoms with Crippen LogP contribution in [0.25, 0.3) is 11.0 Å². The summed E-state index contributed by atoms with van der Waals surface area (Å²) >= 11 is 0. The molecule has 2 amide bonds. The number of likely N-dealkylation sites (N-methyl/N-ethyl adjacent to an activating group) is 1. The maximum Gasteiger partial charge on any atom is 0.329 e. The van der Waals surface area contributed by atoms with Crippen LogP contribution in [0.4, 0.5) is 0 Å². The Balaban J connectivity index is 1.63. The fourth-order valence-corrected chi connectivity index (χ4v) is 3.54. The Kier molecular flexibility index (Phi) is 5.53. The summed E-state index contributed by atoms with van der Waals surface area (Å²) in [7, 11) is 3.18. The summed E-state index contributed by atoms with van der Waals surface area (Å²) in [6, 6.07) is 7.22. The lowest BCUT2D eigenvalue weighted by molar-refractivity contribution is -0.146. The summed E-state index contributed by atoms with van der Waals surface area (Å²) in [6.45, 7) is 0.502. The van der Waals surface area contributed by atoms with E-state index in [4.69, 9.17) is 5.11 Å². The number of benzene rings is 1. The number of hydrogen-bond acceptors (Lipinski definition) is 4. The fraction of sp³-hybridized carbons (Fsp3) is 0.474. The predicted octanol–water partition coefficient (Wildman–Crippen LogP) is 0.122. The molecular formula is C19H24N4O5. The Morgan fingerprint density at radius 1 is 1.14 bits per heavy atom. The number of carbonyl (C=O) groups is 3. The van der Waals surface area contributed by atoms with E-state index in [1.54, 1.807) is 24.1 Å². The van der Waals surface area contributed by atoms with Gasteiger partial charge in [0.2, 0.25) is 11.8 Å². The molecule has 1 fully saturated rings. The van der Waals surface area contributed by atoms with Crippen LogP contribution >= 0.6 is 0 Å². The van der Waals surface area contributed by atoms with E-state index in [0.29, 0.717) is 31.4 Å². The Morgan fingerprint density at radius 3 is 2.36 bits per heavy atom. The van der Waals surface area contributed by atoms with Crippen molar-refractivity contribution in [3.05, 3.63) is 34.7 Å². The minimum absolute atomic E-state index is 0.101. The zero-order valence-electron chi connectivity index (χ0n) is 16.0. The van der Waals surface area contributed by atoms with Gasteiger partial charge in [0.1, 0.15) is 6.54 Å². The van der Waals surface area contributed by atoms with Crippen molar-refractivity contribution in [2.75, 3.05) is 26.7 Å². The van der Waals surface area contributed by atoms with Crippen LogP contribution in [0.3, 0.4) is 0 Å². The number of piperidine rings is 1. The average molecular weight is 388 g/mol. The molecule has 150 valence electrons. The third kappa shape index (κ3) is 3.78. The molecule has 28 heavy (non-hydrogen) atoms. The second-order valence-electron chi connectivity index (χ2n) is 7.16. The number of aromatic nitrogens is 2. The topological polar surface area (TPSA) is 105 Å². The molecule has 1 aliphatic heterocycles. The standard InChI is InChI=1S/C19H24N4O5/c1-20(11-17(25)22-9-7-13(8-10-22)18(26)27)16(24)12-23-15-6-4-3-5-14(15)21(2)19(23)28/h3-6,13H,7-12H2,1-2H3,(H,26,27). The van der Waals surface area contributed by atoms with Crippen LogP contribution in [0.5, 0.6) is 0 Å². The number of para-hydroxylation sites is 2. The number of aryl methyl sites for hydroxylation is 1. The van der Waals surface area contributed by atoms with E-state index in [-0.39, 0.29) is 30.6 Å². The minimum Gasteiger partial charge on any atom is -0.481 e. The molecule has 9 nitrogen and oxygen atoms in total.